The van der Waals surface area contributed by atoms with E-state index in [2.05, 4.69) is 4.84 Å². The van der Waals surface area contributed by atoms with Crippen LogP contribution in [-0.4, -0.2) is 12.8 Å². The second-order valence-corrected chi connectivity index (χ2v) is 2.96. The first-order chi connectivity index (χ1) is 7.38. The molecular formula is C9H8F5NO. The summed E-state index contributed by atoms with van der Waals surface area (Å²) < 4.78 is 60.3. The lowest BCUT2D eigenvalue weighted by Gasteiger charge is -2.08. The molecule has 0 aliphatic heterocycles. The first-order valence-electron chi connectivity index (χ1n) is 4.24. The maximum atomic E-state index is 13.0. The number of rotatable bonds is 4. The molecule has 1 aromatic rings. The van der Waals surface area contributed by atoms with Crippen molar-refractivity contribution in [1.82, 2.24) is 5.48 Å². The van der Waals surface area contributed by atoms with Gasteiger partial charge in [0.25, 0.3) is 0 Å². The number of hydrogen-bond donors (Lipinski definition) is 1. The first kappa shape index (κ1) is 12.9. The first-order valence-corrected chi connectivity index (χ1v) is 4.24. The lowest BCUT2D eigenvalue weighted by molar-refractivity contribution is -0.190. The summed E-state index contributed by atoms with van der Waals surface area (Å²) in [5, 5.41) is 0. The molecule has 0 atom stereocenters. The number of hydroxylamine groups is 1. The molecule has 16 heavy (non-hydrogen) atoms. The van der Waals surface area contributed by atoms with E-state index in [9.17, 15) is 22.0 Å². The van der Waals surface area contributed by atoms with Crippen LogP contribution in [0.2, 0.25) is 0 Å². The van der Waals surface area contributed by atoms with E-state index in [-0.39, 0.29) is 12.1 Å². The smallest absolute Gasteiger partial charge is 0.292 e. The van der Waals surface area contributed by atoms with Gasteiger partial charge in [-0.15, -0.1) is 0 Å². The summed E-state index contributed by atoms with van der Waals surface area (Å²) in [4.78, 5) is 4.05. The number of benzene rings is 1. The highest BCUT2D eigenvalue weighted by Gasteiger charge is 2.27. The number of nitrogens with one attached hydrogen (secondary N) is 1. The molecule has 0 saturated heterocycles. The molecule has 90 valence electrons. The van der Waals surface area contributed by atoms with E-state index in [4.69, 9.17) is 0 Å². The van der Waals surface area contributed by atoms with Crippen LogP contribution >= 0.6 is 0 Å². The van der Waals surface area contributed by atoms with Gasteiger partial charge in [-0.05, 0) is 6.07 Å². The Morgan fingerprint density at radius 3 is 2.44 bits per heavy atom. The SMILES string of the molecule is Fc1ccc(CNOCC(F)(F)F)c(F)c1. The predicted molar refractivity (Wildman–Crippen MR) is 45.2 cm³/mol. The van der Waals surface area contributed by atoms with Crippen LogP contribution in [0.5, 0.6) is 0 Å². The van der Waals surface area contributed by atoms with Gasteiger partial charge in [0.2, 0.25) is 0 Å². The van der Waals surface area contributed by atoms with Crippen LogP contribution in [0.3, 0.4) is 0 Å². The maximum Gasteiger partial charge on any atom is 0.413 e. The molecule has 0 unspecified atom stereocenters. The largest absolute Gasteiger partial charge is 0.413 e. The van der Waals surface area contributed by atoms with Crippen molar-refractivity contribution in [2.75, 3.05) is 6.61 Å². The molecule has 0 spiro atoms. The quantitative estimate of drug-likeness (QED) is 0.497. The highest BCUT2D eigenvalue weighted by molar-refractivity contribution is 5.17. The molecule has 0 fully saturated rings. The summed E-state index contributed by atoms with van der Waals surface area (Å²) >= 11 is 0. The molecule has 1 N–H and O–H groups in total. The third-order valence-electron chi connectivity index (χ3n) is 1.62. The van der Waals surface area contributed by atoms with Crippen molar-refractivity contribution in [3.63, 3.8) is 0 Å². The Hall–Kier alpha value is -1.21. The van der Waals surface area contributed by atoms with Gasteiger partial charge in [-0.2, -0.15) is 18.7 Å². The molecule has 2 nitrogen and oxygen atoms in total. The maximum absolute atomic E-state index is 13.0. The van der Waals surface area contributed by atoms with Gasteiger partial charge < -0.3 is 0 Å². The molecule has 0 aromatic heterocycles. The molecule has 0 heterocycles. The van der Waals surface area contributed by atoms with Crippen LogP contribution in [0.4, 0.5) is 22.0 Å². The number of alkyl halides is 3. The van der Waals surface area contributed by atoms with Gasteiger partial charge in [-0.25, -0.2) is 8.78 Å². The molecule has 0 amide bonds. The fraction of sp³-hybridized carbons (Fsp3) is 0.333. The van der Waals surface area contributed by atoms with Gasteiger partial charge >= 0.3 is 6.18 Å². The summed E-state index contributed by atoms with van der Waals surface area (Å²) in [6, 6.07) is 2.76. The van der Waals surface area contributed by atoms with Crippen molar-refractivity contribution in [3.05, 3.63) is 35.4 Å². The molecule has 0 saturated carbocycles. The Bertz CT molecular complexity index is 352. The Balaban J connectivity index is 2.38. The van der Waals surface area contributed by atoms with Gasteiger partial charge in [-0.3, -0.25) is 4.84 Å². The average molecular weight is 241 g/mol. The van der Waals surface area contributed by atoms with Crippen molar-refractivity contribution in [3.8, 4) is 0 Å². The molecule has 0 radical (unpaired) electrons. The third kappa shape index (κ3) is 4.54. The summed E-state index contributed by atoms with van der Waals surface area (Å²) in [7, 11) is 0. The van der Waals surface area contributed by atoms with Gasteiger partial charge in [0.05, 0.1) is 0 Å². The Labute approximate surface area is 88.0 Å². The Morgan fingerprint density at radius 2 is 1.88 bits per heavy atom. The molecular weight excluding hydrogens is 233 g/mol. The van der Waals surface area contributed by atoms with E-state index in [1.54, 1.807) is 0 Å². The minimum absolute atomic E-state index is 0.0172. The van der Waals surface area contributed by atoms with Crippen LogP contribution < -0.4 is 5.48 Å². The zero-order chi connectivity index (χ0) is 12.2. The van der Waals surface area contributed by atoms with Crippen LogP contribution in [0.1, 0.15) is 5.56 Å². The van der Waals surface area contributed by atoms with Crippen LogP contribution in [-0.2, 0) is 11.4 Å². The van der Waals surface area contributed by atoms with Crippen molar-refractivity contribution in [2.24, 2.45) is 0 Å². The normalized spacial score (nSPS) is 11.8. The summed E-state index contributed by atoms with van der Waals surface area (Å²) in [6.07, 6.45) is -4.45. The average Bonchev–Trinajstić information content (AvgIpc) is 2.13. The number of halogens is 5. The van der Waals surface area contributed by atoms with E-state index in [1.807, 2.05) is 5.48 Å². The molecule has 0 aliphatic rings. The lowest BCUT2D eigenvalue weighted by Crippen LogP contribution is -2.24. The standard InChI is InChI=1S/C9H8F5NO/c10-7-2-1-6(8(11)3-7)4-15-16-5-9(12,13)14/h1-3,15H,4-5H2. The predicted octanol–water partition coefficient (Wildman–Crippen LogP) is 2.55. The topological polar surface area (TPSA) is 21.3 Å². The fourth-order valence-electron chi connectivity index (χ4n) is 0.927. The lowest BCUT2D eigenvalue weighted by atomic mass is 10.2. The summed E-state index contributed by atoms with van der Waals surface area (Å²) in [6.45, 7) is -1.75. The highest BCUT2D eigenvalue weighted by Crippen LogP contribution is 2.14. The highest BCUT2D eigenvalue weighted by atomic mass is 19.4. The van der Waals surface area contributed by atoms with Crippen LogP contribution in [0, 0.1) is 11.6 Å². The van der Waals surface area contributed by atoms with Gasteiger partial charge in [0.1, 0.15) is 11.6 Å². The third-order valence-corrected chi connectivity index (χ3v) is 1.62. The van der Waals surface area contributed by atoms with E-state index in [0.29, 0.717) is 6.07 Å². The van der Waals surface area contributed by atoms with Crippen LogP contribution in [0.25, 0.3) is 0 Å². The number of hydrogen-bond acceptors (Lipinski definition) is 2. The zero-order valence-electron chi connectivity index (χ0n) is 7.94. The minimum atomic E-state index is -4.45. The zero-order valence-corrected chi connectivity index (χ0v) is 7.94. The van der Waals surface area contributed by atoms with Crippen molar-refractivity contribution in [2.45, 2.75) is 12.7 Å². The van der Waals surface area contributed by atoms with Crippen molar-refractivity contribution >= 4 is 0 Å². The van der Waals surface area contributed by atoms with Crippen molar-refractivity contribution in [1.29, 1.82) is 0 Å². The van der Waals surface area contributed by atoms with Gasteiger partial charge in [0, 0.05) is 18.2 Å². The second-order valence-electron chi connectivity index (χ2n) is 2.96. The van der Waals surface area contributed by atoms with Crippen molar-refractivity contribution < 1.29 is 26.8 Å². The Kier molecular flexibility index (Phi) is 4.19. The van der Waals surface area contributed by atoms with E-state index in [0.717, 1.165) is 12.1 Å². The molecule has 7 heteroatoms. The summed E-state index contributed by atoms with van der Waals surface area (Å²) in [5.41, 5.74) is 1.95. The molecule has 1 rings (SSSR count). The molecule has 1 aromatic carbocycles. The van der Waals surface area contributed by atoms with E-state index in [1.165, 1.54) is 0 Å². The summed E-state index contributed by atoms with van der Waals surface area (Å²) in [5.74, 6) is -1.60. The second kappa shape index (κ2) is 5.22. The van der Waals surface area contributed by atoms with Gasteiger partial charge in [-0.1, -0.05) is 6.07 Å². The molecule has 0 bridgehead atoms. The monoisotopic (exact) mass is 241 g/mol. The van der Waals surface area contributed by atoms with Crippen LogP contribution in [0.15, 0.2) is 18.2 Å². The van der Waals surface area contributed by atoms with E-state index < -0.39 is 24.4 Å². The van der Waals surface area contributed by atoms with E-state index >= 15 is 0 Å². The fourth-order valence-corrected chi connectivity index (χ4v) is 0.927. The minimum Gasteiger partial charge on any atom is -0.292 e. The van der Waals surface area contributed by atoms with Gasteiger partial charge in [0.15, 0.2) is 6.61 Å². The Morgan fingerprint density at radius 1 is 1.19 bits per heavy atom. The molecule has 0 aliphatic carbocycles.